The average Bonchev–Trinajstić information content (AvgIpc) is 2.54. The van der Waals surface area contributed by atoms with Crippen LogP contribution in [-0.4, -0.2) is 12.1 Å². The van der Waals surface area contributed by atoms with E-state index in [-0.39, 0.29) is 11.7 Å². The van der Waals surface area contributed by atoms with Gasteiger partial charge in [0.1, 0.15) is 11.9 Å². The average molecular weight is 322 g/mol. The van der Waals surface area contributed by atoms with Gasteiger partial charge in [-0.3, -0.25) is 0 Å². The molecule has 0 aliphatic rings. The van der Waals surface area contributed by atoms with Crippen LogP contribution in [0, 0.1) is 5.82 Å². The summed E-state index contributed by atoms with van der Waals surface area (Å²) in [5, 5.41) is 0. The maximum absolute atomic E-state index is 13.6. The van der Waals surface area contributed by atoms with E-state index in [4.69, 9.17) is 4.74 Å². The van der Waals surface area contributed by atoms with E-state index in [2.05, 4.69) is 13.8 Å². The van der Waals surface area contributed by atoms with Gasteiger partial charge in [-0.15, -0.1) is 0 Å². The SMILES string of the molecule is CCCCCCCCCC(CCC)OC(=O)c1ccccc1F. The van der Waals surface area contributed by atoms with Gasteiger partial charge in [0.05, 0.1) is 5.56 Å². The fourth-order valence-corrected chi connectivity index (χ4v) is 2.75. The Morgan fingerprint density at radius 3 is 2.26 bits per heavy atom. The van der Waals surface area contributed by atoms with Crippen LogP contribution in [0.15, 0.2) is 24.3 Å². The van der Waals surface area contributed by atoms with Crippen molar-refractivity contribution in [3.05, 3.63) is 35.6 Å². The minimum Gasteiger partial charge on any atom is -0.459 e. The number of ether oxygens (including phenoxy) is 1. The van der Waals surface area contributed by atoms with E-state index >= 15 is 0 Å². The van der Waals surface area contributed by atoms with E-state index in [0.717, 1.165) is 25.7 Å². The summed E-state index contributed by atoms with van der Waals surface area (Å²) >= 11 is 0. The Balaban J connectivity index is 2.34. The Kier molecular flexibility index (Phi) is 10.3. The zero-order chi connectivity index (χ0) is 16.9. The Hall–Kier alpha value is -1.38. The van der Waals surface area contributed by atoms with Gasteiger partial charge in [-0.05, 0) is 31.4 Å². The summed E-state index contributed by atoms with van der Waals surface area (Å²) in [6, 6.07) is 6.01. The Bertz CT molecular complexity index is 445. The molecule has 0 bridgehead atoms. The predicted octanol–water partition coefficient (Wildman–Crippen LogP) is 6.29. The highest BCUT2D eigenvalue weighted by Gasteiger charge is 2.17. The largest absolute Gasteiger partial charge is 0.459 e. The van der Waals surface area contributed by atoms with Crippen LogP contribution >= 0.6 is 0 Å². The standard InChI is InChI=1S/C20H31FO2/c1-3-5-6-7-8-9-10-14-17(13-4-2)23-20(22)18-15-11-12-16-19(18)21/h11-12,15-17H,3-10,13-14H2,1-2H3. The molecule has 0 saturated heterocycles. The number of hydrogen-bond donors (Lipinski definition) is 0. The topological polar surface area (TPSA) is 26.3 Å². The van der Waals surface area contributed by atoms with E-state index in [1.807, 2.05) is 0 Å². The van der Waals surface area contributed by atoms with Gasteiger partial charge in [0.25, 0.3) is 0 Å². The molecule has 1 unspecified atom stereocenters. The molecule has 0 amide bonds. The number of rotatable bonds is 12. The van der Waals surface area contributed by atoms with Crippen LogP contribution in [0.3, 0.4) is 0 Å². The molecule has 0 N–H and O–H groups in total. The number of halogens is 1. The summed E-state index contributed by atoms with van der Waals surface area (Å²) in [7, 11) is 0. The lowest BCUT2D eigenvalue weighted by atomic mass is 10.0. The zero-order valence-corrected chi connectivity index (χ0v) is 14.7. The summed E-state index contributed by atoms with van der Waals surface area (Å²) in [5.41, 5.74) is 0.0353. The third kappa shape index (κ3) is 8.15. The number of carbonyl (C=O) groups is 1. The highest BCUT2D eigenvalue weighted by atomic mass is 19.1. The fourth-order valence-electron chi connectivity index (χ4n) is 2.75. The second-order valence-corrected chi connectivity index (χ2v) is 6.21. The number of benzene rings is 1. The molecule has 2 nitrogen and oxygen atoms in total. The van der Waals surface area contributed by atoms with Crippen LogP contribution in [-0.2, 0) is 4.74 Å². The molecular formula is C20H31FO2. The van der Waals surface area contributed by atoms with E-state index in [1.54, 1.807) is 12.1 Å². The Labute approximate surface area is 140 Å². The molecule has 1 rings (SSSR count). The number of esters is 1. The molecule has 0 aliphatic heterocycles. The van der Waals surface area contributed by atoms with Crippen LogP contribution in [0.1, 0.15) is 88.4 Å². The molecule has 23 heavy (non-hydrogen) atoms. The monoisotopic (exact) mass is 322 g/mol. The number of unbranched alkanes of at least 4 members (excludes halogenated alkanes) is 6. The lowest BCUT2D eigenvalue weighted by molar-refractivity contribution is 0.0248. The van der Waals surface area contributed by atoms with Crippen molar-refractivity contribution in [3.8, 4) is 0 Å². The summed E-state index contributed by atoms with van der Waals surface area (Å²) in [6.07, 6.45) is 11.3. The molecule has 0 aromatic heterocycles. The smallest absolute Gasteiger partial charge is 0.341 e. The summed E-state index contributed by atoms with van der Waals surface area (Å²) in [5.74, 6) is -1.05. The van der Waals surface area contributed by atoms with E-state index < -0.39 is 11.8 Å². The Morgan fingerprint density at radius 1 is 0.957 bits per heavy atom. The number of carbonyl (C=O) groups excluding carboxylic acids is 1. The third-order valence-corrected chi connectivity index (χ3v) is 4.11. The molecular weight excluding hydrogens is 291 g/mol. The van der Waals surface area contributed by atoms with Crippen molar-refractivity contribution < 1.29 is 13.9 Å². The van der Waals surface area contributed by atoms with E-state index in [0.29, 0.717) is 0 Å². The van der Waals surface area contributed by atoms with Gasteiger partial charge < -0.3 is 4.74 Å². The third-order valence-electron chi connectivity index (χ3n) is 4.11. The van der Waals surface area contributed by atoms with Gasteiger partial charge in [0.2, 0.25) is 0 Å². The predicted molar refractivity (Wildman–Crippen MR) is 93.1 cm³/mol. The Morgan fingerprint density at radius 2 is 1.61 bits per heavy atom. The maximum atomic E-state index is 13.6. The molecule has 0 radical (unpaired) electrons. The van der Waals surface area contributed by atoms with Crippen molar-refractivity contribution >= 4 is 5.97 Å². The fraction of sp³-hybridized carbons (Fsp3) is 0.650. The zero-order valence-electron chi connectivity index (χ0n) is 14.7. The van der Waals surface area contributed by atoms with E-state index in [9.17, 15) is 9.18 Å². The highest BCUT2D eigenvalue weighted by molar-refractivity contribution is 5.89. The van der Waals surface area contributed by atoms with Gasteiger partial charge in [0, 0.05) is 0 Å². The molecule has 0 heterocycles. The minimum atomic E-state index is -0.538. The highest BCUT2D eigenvalue weighted by Crippen LogP contribution is 2.17. The van der Waals surface area contributed by atoms with Crippen LogP contribution in [0.2, 0.25) is 0 Å². The van der Waals surface area contributed by atoms with Crippen molar-refractivity contribution in [3.63, 3.8) is 0 Å². The first-order valence-electron chi connectivity index (χ1n) is 9.14. The van der Waals surface area contributed by atoms with Crippen LogP contribution in [0.4, 0.5) is 4.39 Å². The lowest BCUT2D eigenvalue weighted by Gasteiger charge is -2.17. The summed E-state index contributed by atoms with van der Waals surface area (Å²) in [6.45, 7) is 4.30. The maximum Gasteiger partial charge on any atom is 0.341 e. The van der Waals surface area contributed by atoms with E-state index in [1.165, 1.54) is 50.7 Å². The van der Waals surface area contributed by atoms with Crippen LogP contribution in [0.5, 0.6) is 0 Å². The van der Waals surface area contributed by atoms with Gasteiger partial charge in [-0.1, -0.05) is 70.9 Å². The van der Waals surface area contributed by atoms with Crippen molar-refractivity contribution in [2.45, 2.75) is 84.2 Å². The quantitative estimate of drug-likeness (QED) is 0.334. The van der Waals surface area contributed by atoms with Crippen molar-refractivity contribution in [2.24, 2.45) is 0 Å². The summed E-state index contributed by atoms with van der Waals surface area (Å²) in [4.78, 5) is 12.1. The second kappa shape index (κ2) is 12.1. The molecule has 1 aromatic carbocycles. The van der Waals surface area contributed by atoms with Crippen molar-refractivity contribution in [2.75, 3.05) is 0 Å². The molecule has 1 aromatic rings. The molecule has 0 aliphatic carbocycles. The van der Waals surface area contributed by atoms with Crippen molar-refractivity contribution in [1.29, 1.82) is 0 Å². The van der Waals surface area contributed by atoms with Crippen molar-refractivity contribution in [1.82, 2.24) is 0 Å². The molecule has 0 saturated carbocycles. The minimum absolute atomic E-state index is 0.0353. The lowest BCUT2D eigenvalue weighted by Crippen LogP contribution is -2.19. The molecule has 1 atom stereocenters. The van der Waals surface area contributed by atoms with Gasteiger partial charge >= 0.3 is 5.97 Å². The first kappa shape index (κ1) is 19.7. The second-order valence-electron chi connectivity index (χ2n) is 6.21. The van der Waals surface area contributed by atoms with Gasteiger partial charge in [0.15, 0.2) is 0 Å². The molecule has 3 heteroatoms. The van der Waals surface area contributed by atoms with Crippen LogP contribution in [0.25, 0.3) is 0 Å². The number of hydrogen-bond acceptors (Lipinski definition) is 2. The first-order valence-corrected chi connectivity index (χ1v) is 9.14. The molecule has 0 spiro atoms. The summed E-state index contributed by atoms with van der Waals surface area (Å²) < 4.78 is 19.2. The normalized spacial score (nSPS) is 12.1. The van der Waals surface area contributed by atoms with Gasteiger partial charge in [-0.25, -0.2) is 9.18 Å². The first-order chi connectivity index (χ1) is 11.2. The molecule has 130 valence electrons. The van der Waals surface area contributed by atoms with Crippen LogP contribution < -0.4 is 0 Å². The molecule has 0 fully saturated rings. The van der Waals surface area contributed by atoms with Gasteiger partial charge in [-0.2, -0.15) is 0 Å².